The van der Waals surface area contributed by atoms with E-state index in [1.54, 1.807) is 12.1 Å². The van der Waals surface area contributed by atoms with Crippen LogP contribution in [-0.2, 0) is 9.59 Å². The van der Waals surface area contributed by atoms with Crippen LogP contribution in [-0.4, -0.2) is 23.5 Å². The van der Waals surface area contributed by atoms with Gasteiger partial charge in [0.25, 0.3) is 5.91 Å². The summed E-state index contributed by atoms with van der Waals surface area (Å²) in [6.07, 6.45) is 5.13. The van der Waals surface area contributed by atoms with E-state index in [0.717, 1.165) is 30.2 Å². The van der Waals surface area contributed by atoms with Gasteiger partial charge in [0, 0.05) is 10.4 Å². The molecular formula is C16H20BrN3O3S. The molecule has 0 aliphatic heterocycles. The predicted octanol–water partition coefficient (Wildman–Crippen LogP) is 2.43. The molecule has 24 heavy (non-hydrogen) atoms. The van der Waals surface area contributed by atoms with Crippen molar-refractivity contribution in [1.29, 1.82) is 0 Å². The van der Waals surface area contributed by atoms with Gasteiger partial charge in [-0.2, -0.15) is 0 Å². The van der Waals surface area contributed by atoms with E-state index in [0.29, 0.717) is 5.75 Å². The summed E-state index contributed by atoms with van der Waals surface area (Å²) in [4.78, 5) is 23.7. The smallest absolute Gasteiger partial charge is 0.264 e. The molecule has 0 saturated heterocycles. The van der Waals surface area contributed by atoms with E-state index in [2.05, 4.69) is 32.1 Å². The highest BCUT2D eigenvalue weighted by molar-refractivity contribution is 9.10. The number of ether oxygens (including phenoxy) is 1. The summed E-state index contributed by atoms with van der Waals surface area (Å²) in [6.45, 7) is -0.167. The zero-order valence-corrected chi connectivity index (χ0v) is 15.5. The summed E-state index contributed by atoms with van der Waals surface area (Å²) in [5.41, 5.74) is 5.10. The van der Waals surface area contributed by atoms with Gasteiger partial charge in [-0.05, 0) is 49.3 Å². The molecule has 3 N–H and O–H groups in total. The predicted molar refractivity (Wildman–Crippen MR) is 98.2 cm³/mol. The van der Waals surface area contributed by atoms with Crippen molar-refractivity contribution in [2.45, 2.75) is 32.1 Å². The molecule has 0 unspecified atom stereocenters. The van der Waals surface area contributed by atoms with Gasteiger partial charge in [-0.1, -0.05) is 35.2 Å². The minimum Gasteiger partial charge on any atom is -0.484 e. The summed E-state index contributed by atoms with van der Waals surface area (Å²) in [6, 6.07) is 7.14. The Morgan fingerprint density at radius 1 is 1.12 bits per heavy atom. The normalized spacial score (nSPS) is 14.5. The lowest BCUT2D eigenvalue weighted by atomic mass is 9.89. The van der Waals surface area contributed by atoms with E-state index in [1.807, 2.05) is 12.1 Å². The zero-order chi connectivity index (χ0) is 17.4. The number of benzene rings is 1. The lowest BCUT2D eigenvalue weighted by molar-refractivity contribution is -0.126. The number of nitrogens with one attached hydrogen (secondary N) is 3. The minimum atomic E-state index is -0.401. The van der Waals surface area contributed by atoms with E-state index in [9.17, 15) is 9.59 Å². The molecule has 0 atom stereocenters. The first-order chi connectivity index (χ1) is 11.5. The first kappa shape index (κ1) is 18.7. The molecule has 1 aliphatic rings. The number of halogens is 1. The lowest BCUT2D eigenvalue weighted by Gasteiger charge is -2.21. The molecule has 2 rings (SSSR count). The molecule has 130 valence electrons. The molecule has 1 aliphatic carbocycles. The number of thiocarbonyl (C=S) groups is 1. The van der Waals surface area contributed by atoms with Crippen molar-refractivity contribution < 1.29 is 14.3 Å². The van der Waals surface area contributed by atoms with Crippen LogP contribution < -0.4 is 20.9 Å². The van der Waals surface area contributed by atoms with Crippen molar-refractivity contribution in [2.75, 3.05) is 6.61 Å². The van der Waals surface area contributed by atoms with Crippen molar-refractivity contribution >= 4 is 45.1 Å². The number of carbonyl (C=O) groups excluding carboxylic acids is 2. The SMILES string of the molecule is O=C(COc1ccc(Br)cc1)NC(=S)NNC(=O)C1CCCCC1. The van der Waals surface area contributed by atoms with Gasteiger partial charge >= 0.3 is 0 Å². The number of hydrazine groups is 1. The van der Waals surface area contributed by atoms with E-state index in [-0.39, 0.29) is 23.5 Å². The second-order valence-electron chi connectivity index (χ2n) is 5.57. The lowest BCUT2D eigenvalue weighted by Crippen LogP contribution is -2.51. The molecule has 0 bridgehead atoms. The summed E-state index contributed by atoms with van der Waals surface area (Å²) >= 11 is 8.30. The van der Waals surface area contributed by atoms with Crippen molar-refractivity contribution in [2.24, 2.45) is 5.92 Å². The molecule has 0 spiro atoms. The van der Waals surface area contributed by atoms with Gasteiger partial charge in [-0.15, -0.1) is 0 Å². The van der Waals surface area contributed by atoms with Gasteiger partial charge in [0.15, 0.2) is 11.7 Å². The molecule has 8 heteroatoms. The standard InChI is InChI=1S/C16H20BrN3O3S/c17-12-6-8-13(9-7-12)23-10-14(21)18-16(24)20-19-15(22)11-4-2-1-3-5-11/h6-9,11H,1-5,10H2,(H,19,22)(H2,18,20,21,24). The first-order valence-corrected chi connectivity index (χ1v) is 9.03. The Bertz CT molecular complexity index is 589. The van der Waals surface area contributed by atoms with Gasteiger partial charge in [0.1, 0.15) is 5.75 Å². The van der Waals surface area contributed by atoms with Crippen LogP contribution in [0.1, 0.15) is 32.1 Å². The Morgan fingerprint density at radius 3 is 2.46 bits per heavy atom. The van der Waals surface area contributed by atoms with Crippen molar-refractivity contribution in [3.8, 4) is 5.75 Å². The number of rotatable bonds is 4. The molecule has 2 amide bonds. The van der Waals surface area contributed by atoms with Crippen molar-refractivity contribution in [1.82, 2.24) is 16.2 Å². The summed E-state index contributed by atoms with van der Waals surface area (Å²) in [5, 5.41) is 2.50. The number of carbonyl (C=O) groups is 2. The molecule has 6 nitrogen and oxygen atoms in total. The van der Waals surface area contributed by atoms with Crippen LogP contribution in [0.5, 0.6) is 5.75 Å². The second-order valence-corrected chi connectivity index (χ2v) is 6.89. The van der Waals surface area contributed by atoms with Crippen LogP contribution in [0, 0.1) is 5.92 Å². The fourth-order valence-electron chi connectivity index (χ4n) is 2.46. The first-order valence-electron chi connectivity index (χ1n) is 7.82. The van der Waals surface area contributed by atoms with Gasteiger partial charge in [0.05, 0.1) is 0 Å². The van der Waals surface area contributed by atoms with Crippen molar-refractivity contribution in [3.63, 3.8) is 0 Å². The Morgan fingerprint density at radius 2 is 1.79 bits per heavy atom. The van der Waals surface area contributed by atoms with Gasteiger partial charge < -0.3 is 4.74 Å². The quantitative estimate of drug-likeness (QED) is 0.521. The van der Waals surface area contributed by atoms with Crippen molar-refractivity contribution in [3.05, 3.63) is 28.7 Å². The fraction of sp³-hybridized carbons (Fsp3) is 0.438. The Balaban J connectivity index is 1.64. The third kappa shape index (κ3) is 6.45. The third-order valence-electron chi connectivity index (χ3n) is 3.71. The monoisotopic (exact) mass is 413 g/mol. The van der Waals surface area contributed by atoms with Gasteiger partial charge in [0.2, 0.25) is 5.91 Å². The van der Waals surface area contributed by atoms with Crippen LogP contribution in [0.25, 0.3) is 0 Å². The molecule has 0 radical (unpaired) electrons. The van der Waals surface area contributed by atoms with Crippen LogP contribution in [0.15, 0.2) is 28.7 Å². The van der Waals surface area contributed by atoms with E-state index >= 15 is 0 Å². The number of hydrogen-bond acceptors (Lipinski definition) is 4. The molecule has 1 fully saturated rings. The average molecular weight is 414 g/mol. The minimum absolute atomic E-state index is 0.0190. The highest BCUT2D eigenvalue weighted by Gasteiger charge is 2.21. The molecule has 0 heterocycles. The topological polar surface area (TPSA) is 79.5 Å². The van der Waals surface area contributed by atoms with Crippen LogP contribution >= 0.6 is 28.1 Å². The second kappa shape index (κ2) is 9.58. The van der Waals surface area contributed by atoms with E-state index in [4.69, 9.17) is 17.0 Å². The molecule has 1 aromatic carbocycles. The summed E-state index contributed by atoms with van der Waals surface area (Å²) in [5.74, 6) is 0.114. The van der Waals surface area contributed by atoms with Gasteiger partial charge in [-0.25, -0.2) is 0 Å². The zero-order valence-electron chi connectivity index (χ0n) is 13.1. The third-order valence-corrected chi connectivity index (χ3v) is 4.44. The molecule has 1 aromatic rings. The fourth-order valence-corrected chi connectivity index (χ4v) is 2.89. The summed E-state index contributed by atoms with van der Waals surface area (Å²) in [7, 11) is 0. The van der Waals surface area contributed by atoms with E-state index < -0.39 is 5.91 Å². The van der Waals surface area contributed by atoms with E-state index in [1.165, 1.54) is 6.42 Å². The van der Waals surface area contributed by atoms with Crippen LogP contribution in [0.2, 0.25) is 0 Å². The van der Waals surface area contributed by atoms with Crippen LogP contribution in [0.3, 0.4) is 0 Å². The average Bonchev–Trinajstić information content (AvgIpc) is 2.60. The maximum atomic E-state index is 12.0. The number of hydrogen-bond donors (Lipinski definition) is 3. The van der Waals surface area contributed by atoms with Gasteiger partial charge in [-0.3, -0.25) is 25.8 Å². The largest absolute Gasteiger partial charge is 0.484 e. The molecular weight excluding hydrogens is 394 g/mol. The molecule has 0 aromatic heterocycles. The van der Waals surface area contributed by atoms with Crippen LogP contribution in [0.4, 0.5) is 0 Å². The molecule has 1 saturated carbocycles. The summed E-state index contributed by atoms with van der Waals surface area (Å²) < 4.78 is 6.27. The maximum Gasteiger partial charge on any atom is 0.264 e. The Hall–Kier alpha value is -1.67. The Labute approximate surface area is 154 Å². The number of amides is 2. The maximum absolute atomic E-state index is 12.0. The highest BCUT2D eigenvalue weighted by Crippen LogP contribution is 2.23. The Kier molecular flexibility index (Phi) is 7.45. The highest BCUT2D eigenvalue weighted by atomic mass is 79.9.